The molecule has 1 fully saturated rings. The Morgan fingerprint density at radius 2 is 1.90 bits per heavy atom. The van der Waals surface area contributed by atoms with E-state index < -0.39 is 18.0 Å². The molecule has 8 nitrogen and oxygen atoms in total. The van der Waals surface area contributed by atoms with Crippen molar-refractivity contribution in [2.75, 3.05) is 12.4 Å². The van der Waals surface area contributed by atoms with Crippen LogP contribution in [0.2, 0.25) is 0 Å². The van der Waals surface area contributed by atoms with Crippen molar-refractivity contribution in [3.63, 3.8) is 0 Å². The molecule has 1 aliphatic rings. The van der Waals surface area contributed by atoms with Crippen LogP contribution in [0, 0.1) is 0 Å². The number of methoxy groups -OCH3 is 1. The highest BCUT2D eigenvalue weighted by atomic mass is 16.5. The Morgan fingerprint density at radius 1 is 1.13 bits per heavy atom. The number of urea groups is 1. The third-order valence-electron chi connectivity index (χ3n) is 5.20. The number of amides is 4. The van der Waals surface area contributed by atoms with Crippen LogP contribution < -0.4 is 15.4 Å². The Kier molecular flexibility index (Phi) is 5.14. The molecule has 0 spiro atoms. The minimum atomic E-state index is -0.884. The van der Waals surface area contributed by atoms with Crippen LogP contribution in [0.3, 0.4) is 0 Å². The highest BCUT2D eigenvalue weighted by molar-refractivity contribution is 6.08. The summed E-state index contributed by atoms with van der Waals surface area (Å²) in [6, 6.07) is 13.3. The van der Waals surface area contributed by atoms with E-state index in [2.05, 4.69) is 10.6 Å². The molecule has 4 rings (SSSR count). The zero-order valence-corrected chi connectivity index (χ0v) is 16.7. The van der Waals surface area contributed by atoms with Gasteiger partial charge in [-0.2, -0.15) is 0 Å². The van der Waals surface area contributed by atoms with Crippen molar-refractivity contribution in [1.29, 1.82) is 0 Å². The molecule has 2 aromatic carbocycles. The van der Waals surface area contributed by atoms with Crippen LogP contribution in [0.4, 0.5) is 10.5 Å². The lowest BCUT2D eigenvalue weighted by atomic mass is 10.1. The number of carbonyl (C=O) groups excluding carboxylic acids is 3. The SMILES string of the molecule is COc1ccc(CN2C(=O)N[C@@H](CC(=O)Nc3cccc4c3ccn4C)C2=O)cc1. The first-order chi connectivity index (χ1) is 14.5. The molecule has 1 saturated heterocycles. The number of anilines is 1. The molecule has 2 N–H and O–H groups in total. The Hall–Kier alpha value is -3.81. The van der Waals surface area contributed by atoms with Gasteiger partial charge < -0.3 is 19.9 Å². The first kappa shape index (κ1) is 19.5. The molecule has 3 aromatic rings. The van der Waals surface area contributed by atoms with E-state index in [0.717, 1.165) is 21.4 Å². The average molecular weight is 406 g/mol. The lowest BCUT2D eigenvalue weighted by molar-refractivity contribution is -0.130. The Bertz CT molecular complexity index is 1120. The Labute approximate surface area is 173 Å². The summed E-state index contributed by atoms with van der Waals surface area (Å²) in [6.45, 7) is 0.135. The van der Waals surface area contributed by atoms with Gasteiger partial charge in [0.05, 0.1) is 25.8 Å². The summed E-state index contributed by atoms with van der Waals surface area (Å²) < 4.78 is 7.07. The molecule has 1 aromatic heterocycles. The summed E-state index contributed by atoms with van der Waals surface area (Å²) in [5.74, 6) is -0.0564. The number of hydrogen-bond acceptors (Lipinski definition) is 4. The Morgan fingerprint density at radius 3 is 2.63 bits per heavy atom. The third-order valence-corrected chi connectivity index (χ3v) is 5.20. The summed E-state index contributed by atoms with van der Waals surface area (Å²) in [6.07, 6.45) is 1.78. The number of aryl methyl sites for hydroxylation is 1. The van der Waals surface area contributed by atoms with Crippen LogP contribution in [0.1, 0.15) is 12.0 Å². The number of hydrogen-bond donors (Lipinski definition) is 2. The standard InChI is InChI=1S/C22H22N4O4/c1-25-11-10-16-17(4-3-5-19(16)25)23-20(27)12-18-21(28)26(22(29)24-18)13-14-6-8-15(30-2)9-7-14/h3-11,18H,12-13H2,1-2H3,(H,23,27)(H,24,29)/t18-/m0/s1. The maximum atomic E-state index is 12.7. The minimum Gasteiger partial charge on any atom is -0.497 e. The molecule has 1 atom stereocenters. The van der Waals surface area contributed by atoms with Gasteiger partial charge in [0.25, 0.3) is 5.91 Å². The molecule has 1 aliphatic heterocycles. The summed E-state index contributed by atoms with van der Waals surface area (Å²) >= 11 is 0. The van der Waals surface area contributed by atoms with E-state index in [1.165, 1.54) is 0 Å². The first-order valence-electron chi connectivity index (χ1n) is 9.55. The van der Waals surface area contributed by atoms with Crippen LogP contribution in [-0.4, -0.2) is 40.5 Å². The van der Waals surface area contributed by atoms with Gasteiger partial charge in [0.2, 0.25) is 5.91 Å². The van der Waals surface area contributed by atoms with Crippen LogP contribution >= 0.6 is 0 Å². The van der Waals surface area contributed by atoms with Crippen molar-refractivity contribution >= 4 is 34.4 Å². The number of nitrogens with one attached hydrogen (secondary N) is 2. The van der Waals surface area contributed by atoms with Crippen molar-refractivity contribution in [3.05, 3.63) is 60.3 Å². The lowest BCUT2D eigenvalue weighted by Crippen LogP contribution is -2.34. The molecule has 0 bridgehead atoms. The van der Waals surface area contributed by atoms with Crippen molar-refractivity contribution in [1.82, 2.24) is 14.8 Å². The van der Waals surface area contributed by atoms with Crippen molar-refractivity contribution in [2.24, 2.45) is 7.05 Å². The van der Waals surface area contributed by atoms with E-state index >= 15 is 0 Å². The second kappa shape index (κ2) is 7.90. The second-order valence-corrected chi connectivity index (χ2v) is 7.19. The highest BCUT2D eigenvalue weighted by Crippen LogP contribution is 2.24. The minimum absolute atomic E-state index is 0.132. The molecular weight excluding hydrogens is 384 g/mol. The topological polar surface area (TPSA) is 92.7 Å². The van der Waals surface area contributed by atoms with Gasteiger partial charge in [0, 0.05) is 24.1 Å². The van der Waals surface area contributed by atoms with Crippen LogP contribution in [0.5, 0.6) is 5.75 Å². The quantitative estimate of drug-likeness (QED) is 0.616. The molecule has 8 heteroatoms. The summed E-state index contributed by atoms with van der Waals surface area (Å²) in [5.41, 5.74) is 2.45. The summed E-state index contributed by atoms with van der Waals surface area (Å²) in [7, 11) is 3.50. The smallest absolute Gasteiger partial charge is 0.325 e. The first-order valence-corrected chi connectivity index (χ1v) is 9.55. The number of ether oxygens (including phenoxy) is 1. The van der Waals surface area contributed by atoms with Gasteiger partial charge in [-0.25, -0.2) is 4.79 Å². The molecule has 0 saturated carbocycles. The van der Waals surface area contributed by atoms with Crippen LogP contribution in [0.15, 0.2) is 54.7 Å². The predicted octanol–water partition coefficient (Wildman–Crippen LogP) is 2.64. The number of rotatable bonds is 6. The van der Waals surface area contributed by atoms with Gasteiger partial charge in [-0.3, -0.25) is 14.5 Å². The molecule has 2 heterocycles. The molecular formula is C22H22N4O4. The second-order valence-electron chi connectivity index (χ2n) is 7.19. The Balaban J connectivity index is 1.41. The van der Waals surface area contributed by atoms with Gasteiger partial charge in [-0.1, -0.05) is 18.2 Å². The van der Waals surface area contributed by atoms with Gasteiger partial charge >= 0.3 is 6.03 Å². The van der Waals surface area contributed by atoms with Crippen molar-refractivity contribution in [2.45, 2.75) is 19.0 Å². The fraction of sp³-hybridized carbons (Fsp3) is 0.227. The van der Waals surface area contributed by atoms with E-state index in [0.29, 0.717) is 11.4 Å². The fourth-order valence-electron chi connectivity index (χ4n) is 3.58. The number of carbonyl (C=O) groups is 3. The number of aromatic nitrogens is 1. The van der Waals surface area contributed by atoms with E-state index in [1.807, 2.05) is 42.1 Å². The van der Waals surface area contributed by atoms with E-state index in [9.17, 15) is 14.4 Å². The van der Waals surface area contributed by atoms with Gasteiger partial charge in [-0.15, -0.1) is 0 Å². The van der Waals surface area contributed by atoms with Crippen LogP contribution in [-0.2, 0) is 23.2 Å². The molecule has 0 unspecified atom stereocenters. The summed E-state index contributed by atoms with van der Waals surface area (Å²) in [5, 5.41) is 6.37. The normalized spacial score (nSPS) is 16.1. The largest absolute Gasteiger partial charge is 0.497 e. The van der Waals surface area contributed by atoms with E-state index in [-0.39, 0.29) is 18.9 Å². The molecule has 30 heavy (non-hydrogen) atoms. The van der Waals surface area contributed by atoms with E-state index in [4.69, 9.17) is 4.74 Å². The zero-order valence-electron chi connectivity index (χ0n) is 16.7. The lowest BCUT2D eigenvalue weighted by Gasteiger charge is -2.13. The van der Waals surface area contributed by atoms with Crippen molar-refractivity contribution < 1.29 is 19.1 Å². The van der Waals surface area contributed by atoms with Gasteiger partial charge in [0.1, 0.15) is 11.8 Å². The maximum absolute atomic E-state index is 12.7. The zero-order chi connectivity index (χ0) is 21.3. The van der Waals surface area contributed by atoms with E-state index in [1.54, 1.807) is 31.4 Å². The number of benzene rings is 2. The molecule has 0 radical (unpaired) electrons. The average Bonchev–Trinajstić information content (AvgIpc) is 3.24. The predicted molar refractivity (Wildman–Crippen MR) is 112 cm³/mol. The maximum Gasteiger partial charge on any atom is 0.325 e. The van der Waals surface area contributed by atoms with Gasteiger partial charge in [0.15, 0.2) is 0 Å². The van der Waals surface area contributed by atoms with Gasteiger partial charge in [-0.05, 0) is 35.9 Å². The van der Waals surface area contributed by atoms with Crippen LogP contribution in [0.25, 0.3) is 10.9 Å². The fourth-order valence-corrected chi connectivity index (χ4v) is 3.58. The number of imide groups is 1. The highest BCUT2D eigenvalue weighted by Gasteiger charge is 2.39. The molecule has 0 aliphatic carbocycles. The third kappa shape index (κ3) is 3.71. The number of fused-ring (bicyclic) bond motifs is 1. The monoisotopic (exact) mass is 406 g/mol. The number of nitrogens with zero attached hydrogens (tertiary/aromatic N) is 2. The summed E-state index contributed by atoms with van der Waals surface area (Å²) in [4.78, 5) is 38.6. The molecule has 154 valence electrons. The van der Waals surface area contributed by atoms with Crippen molar-refractivity contribution in [3.8, 4) is 5.75 Å². The molecule has 4 amide bonds.